The number of nitrogens with zero attached hydrogens (tertiary/aromatic N) is 3. The van der Waals surface area contributed by atoms with E-state index in [0.717, 1.165) is 11.3 Å². The molecule has 9 heteroatoms. The average molecular weight is 388 g/mol. The molecule has 2 aromatic rings. The van der Waals surface area contributed by atoms with Gasteiger partial charge in [-0.2, -0.15) is 0 Å². The summed E-state index contributed by atoms with van der Waals surface area (Å²) in [6.45, 7) is 4.89. The van der Waals surface area contributed by atoms with Gasteiger partial charge in [-0.15, -0.1) is 10.2 Å². The number of amides is 2. The normalized spacial score (nSPS) is 24.2. The molecular weight excluding hydrogens is 364 g/mol. The molecule has 1 fully saturated rings. The quantitative estimate of drug-likeness (QED) is 0.857. The highest BCUT2D eigenvalue weighted by molar-refractivity contribution is 5.75. The molecule has 0 bridgehead atoms. The fourth-order valence-electron chi connectivity index (χ4n) is 3.61. The Hall–Kier alpha value is -2.81. The van der Waals surface area contributed by atoms with Gasteiger partial charge in [-0.3, -0.25) is 0 Å². The Kier molecular flexibility index (Phi) is 5.08. The van der Waals surface area contributed by atoms with Crippen molar-refractivity contribution in [2.75, 3.05) is 26.8 Å². The van der Waals surface area contributed by atoms with Crippen molar-refractivity contribution in [2.24, 2.45) is 0 Å². The molecule has 1 aromatic carbocycles. The van der Waals surface area contributed by atoms with E-state index in [1.807, 2.05) is 25.1 Å². The third-order valence-electron chi connectivity index (χ3n) is 4.87. The topological polar surface area (TPSA) is 99.0 Å². The van der Waals surface area contributed by atoms with Crippen molar-refractivity contribution < 1.29 is 23.4 Å². The number of benzene rings is 1. The largest absolute Gasteiger partial charge is 0.493 e. The van der Waals surface area contributed by atoms with E-state index < -0.39 is 6.10 Å². The molecule has 0 saturated carbocycles. The van der Waals surface area contributed by atoms with Gasteiger partial charge in [-0.25, -0.2) is 4.79 Å². The number of fused-ring (bicyclic) bond motifs is 1. The number of rotatable bonds is 3. The molecule has 2 aliphatic heterocycles. The number of carbonyl (C=O) groups is 1. The highest BCUT2D eigenvalue weighted by Gasteiger charge is 2.34. The molecule has 28 heavy (non-hydrogen) atoms. The van der Waals surface area contributed by atoms with E-state index in [4.69, 9.17) is 18.6 Å². The van der Waals surface area contributed by atoms with E-state index >= 15 is 0 Å². The van der Waals surface area contributed by atoms with Crippen LogP contribution in [0.2, 0.25) is 0 Å². The van der Waals surface area contributed by atoms with Gasteiger partial charge in [0, 0.05) is 19.0 Å². The number of carbonyl (C=O) groups excluding carboxylic acids is 1. The predicted molar refractivity (Wildman–Crippen MR) is 98.4 cm³/mol. The number of para-hydroxylation sites is 1. The van der Waals surface area contributed by atoms with Gasteiger partial charge in [-0.1, -0.05) is 12.1 Å². The third kappa shape index (κ3) is 3.75. The fourth-order valence-corrected chi connectivity index (χ4v) is 3.61. The van der Waals surface area contributed by atoms with Gasteiger partial charge in [0.15, 0.2) is 17.6 Å². The predicted octanol–water partition coefficient (Wildman–Crippen LogP) is 1.86. The maximum absolute atomic E-state index is 12.8. The van der Waals surface area contributed by atoms with Crippen molar-refractivity contribution >= 4 is 6.03 Å². The van der Waals surface area contributed by atoms with Crippen LogP contribution in [-0.2, 0) is 11.2 Å². The molecule has 4 rings (SSSR count). The number of aromatic nitrogens is 2. The first kappa shape index (κ1) is 18.5. The second-order valence-electron chi connectivity index (χ2n) is 7.11. The molecule has 1 saturated heterocycles. The Morgan fingerprint density at radius 3 is 2.93 bits per heavy atom. The Balaban J connectivity index is 1.40. The summed E-state index contributed by atoms with van der Waals surface area (Å²) in [4.78, 5) is 14.6. The summed E-state index contributed by atoms with van der Waals surface area (Å²) in [7, 11) is 1.62. The Labute approximate surface area is 163 Å². The zero-order valence-electron chi connectivity index (χ0n) is 16.2. The second kappa shape index (κ2) is 7.67. The minimum absolute atomic E-state index is 0.116. The van der Waals surface area contributed by atoms with Gasteiger partial charge < -0.3 is 28.8 Å². The third-order valence-corrected chi connectivity index (χ3v) is 4.87. The lowest BCUT2D eigenvalue weighted by Gasteiger charge is -2.36. The van der Waals surface area contributed by atoms with E-state index in [0.29, 0.717) is 43.6 Å². The molecule has 150 valence electrons. The summed E-state index contributed by atoms with van der Waals surface area (Å²) in [5, 5.41) is 10.9. The monoisotopic (exact) mass is 388 g/mol. The molecule has 0 radical (unpaired) electrons. The minimum atomic E-state index is -0.428. The molecule has 0 aliphatic carbocycles. The van der Waals surface area contributed by atoms with Crippen molar-refractivity contribution in [3.63, 3.8) is 0 Å². The fraction of sp³-hybridized carbons (Fsp3) is 0.526. The van der Waals surface area contributed by atoms with Crippen LogP contribution in [0.15, 0.2) is 22.6 Å². The summed E-state index contributed by atoms with van der Waals surface area (Å²) >= 11 is 0. The number of nitrogens with one attached hydrogen (secondary N) is 1. The summed E-state index contributed by atoms with van der Waals surface area (Å²) in [6.07, 6.45) is 0.123. The van der Waals surface area contributed by atoms with Crippen LogP contribution in [0.25, 0.3) is 0 Å². The van der Waals surface area contributed by atoms with Crippen LogP contribution in [0.5, 0.6) is 11.5 Å². The number of methoxy groups -OCH3 is 1. The van der Waals surface area contributed by atoms with Crippen LogP contribution in [0.3, 0.4) is 0 Å². The van der Waals surface area contributed by atoms with Crippen molar-refractivity contribution in [2.45, 2.75) is 38.5 Å². The van der Waals surface area contributed by atoms with Crippen molar-refractivity contribution in [1.29, 1.82) is 0 Å². The Morgan fingerprint density at radius 2 is 2.18 bits per heavy atom. The highest BCUT2D eigenvalue weighted by atomic mass is 16.5. The van der Waals surface area contributed by atoms with Gasteiger partial charge in [-0.05, 0) is 19.4 Å². The van der Waals surface area contributed by atoms with E-state index in [-0.39, 0.29) is 18.2 Å². The van der Waals surface area contributed by atoms with Gasteiger partial charge in [0.05, 0.1) is 25.8 Å². The molecule has 9 nitrogen and oxygen atoms in total. The first-order valence-corrected chi connectivity index (χ1v) is 9.33. The molecule has 1 aromatic heterocycles. The van der Waals surface area contributed by atoms with Crippen molar-refractivity contribution in [3.05, 3.63) is 35.5 Å². The number of morpholine rings is 1. The first-order chi connectivity index (χ1) is 13.5. The van der Waals surface area contributed by atoms with Gasteiger partial charge in [0.2, 0.25) is 11.8 Å². The second-order valence-corrected chi connectivity index (χ2v) is 7.11. The number of hydrogen-bond acceptors (Lipinski definition) is 7. The minimum Gasteiger partial charge on any atom is -0.493 e. The highest BCUT2D eigenvalue weighted by Crippen LogP contribution is 2.34. The molecule has 1 N–H and O–H groups in total. The lowest BCUT2D eigenvalue weighted by atomic mass is 10.0. The van der Waals surface area contributed by atoms with E-state index in [1.54, 1.807) is 18.9 Å². The van der Waals surface area contributed by atoms with Gasteiger partial charge in [0.25, 0.3) is 0 Å². The molecule has 3 atom stereocenters. The maximum Gasteiger partial charge on any atom is 0.317 e. The van der Waals surface area contributed by atoms with Crippen LogP contribution in [0, 0.1) is 6.92 Å². The number of aryl methyl sites for hydroxylation is 1. The van der Waals surface area contributed by atoms with Crippen molar-refractivity contribution in [3.8, 4) is 11.5 Å². The molecule has 2 amide bonds. The van der Waals surface area contributed by atoms with Crippen LogP contribution in [0.4, 0.5) is 4.79 Å². The molecule has 1 unspecified atom stereocenters. The van der Waals surface area contributed by atoms with Crippen LogP contribution >= 0.6 is 0 Å². The Morgan fingerprint density at radius 1 is 1.32 bits per heavy atom. The molecular formula is C19H24N4O5. The van der Waals surface area contributed by atoms with Crippen LogP contribution in [-0.4, -0.2) is 60.1 Å². The van der Waals surface area contributed by atoms with Gasteiger partial charge in [0.1, 0.15) is 6.61 Å². The number of ether oxygens (including phenoxy) is 3. The zero-order valence-corrected chi connectivity index (χ0v) is 16.2. The smallest absolute Gasteiger partial charge is 0.317 e. The molecule has 2 aliphatic rings. The van der Waals surface area contributed by atoms with Crippen LogP contribution in [0.1, 0.15) is 30.4 Å². The maximum atomic E-state index is 12.8. The zero-order chi connectivity index (χ0) is 19.7. The Bertz CT molecular complexity index is 855. The van der Waals surface area contributed by atoms with Crippen LogP contribution < -0.4 is 14.8 Å². The van der Waals surface area contributed by atoms with Gasteiger partial charge >= 0.3 is 6.03 Å². The number of urea groups is 1. The summed E-state index contributed by atoms with van der Waals surface area (Å²) in [5.74, 6) is 2.33. The lowest BCUT2D eigenvalue weighted by Crippen LogP contribution is -2.54. The van der Waals surface area contributed by atoms with E-state index in [1.165, 1.54) is 0 Å². The summed E-state index contributed by atoms with van der Waals surface area (Å²) in [5.41, 5.74) is 1.02. The van der Waals surface area contributed by atoms with E-state index in [9.17, 15) is 4.79 Å². The summed E-state index contributed by atoms with van der Waals surface area (Å²) < 4.78 is 22.5. The standard InChI is InChI=1S/C19H24N4O5/c1-11-8-23(9-16(27-11)18-22-21-12(2)28-18)19(24)20-14-7-13-5-4-6-15(25-3)17(13)26-10-14/h4-6,11,14,16H,7-10H2,1-3H3,(H,20,24)/t11-,14?,16-/m1/s1. The lowest BCUT2D eigenvalue weighted by molar-refractivity contribution is -0.0770. The average Bonchev–Trinajstić information content (AvgIpc) is 3.13. The number of hydrogen-bond donors (Lipinski definition) is 1. The molecule has 0 spiro atoms. The first-order valence-electron chi connectivity index (χ1n) is 9.33. The molecule has 3 heterocycles. The van der Waals surface area contributed by atoms with E-state index in [2.05, 4.69) is 15.5 Å². The summed E-state index contributed by atoms with van der Waals surface area (Å²) in [6, 6.07) is 5.50. The SMILES string of the molecule is COc1cccc2c1OCC(NC(=O)N1C[C@@H](C)O[C@@H](c3nnc(C)o3)C1)C2. The van der Waals surface area contributed by atoms with Crippen molar-refractivity contribution in [1.82, 2.24) is 20.4 Å².